The molecule has 0 saturated heterocycles. The Hall–Kier alpha value is -3.61. The predicted octanol–water partition coefficient (Wildman–Crippen LogP) is 2.84. The van der Waals surface area contributed by atoms with Crippen LogP contribution in [0, 0.1) is 0 Å². The van der Waals surface area contributed by atoms with Gasteiger partial charge in [0.15, 0.2) is 11.5 Å². The molecule has 1 amide bonds. The van der Waals surface area contributed by atoms with Gasteiger partial charge in [-0.05, 0) is 30.2 Å². The number of carbonyl (C=O) groups is 1. The fourth-order valence-electron chi connectivity index (χ4n) is 2.94. The van der Waals surface area contributed by atoms with Gasteiger partial charge in [0.05, 0.1) is 5.69 Å². The number of nitrogens with zero attached hydrogens (tertiary/aromatic N) is 2. The molecule has 0 atom stereocenters. The van der Waals surface area contributed by atoms with Crippen molar-refractivity contribution in [2.24, 2.45) is 0 Å². The second-order valence-corrected chi connectivity index (χ2v) is 6.38. The van der Waals surface area contributed by atoms with Crippen molar-refractivity contribution in [3.63, 3.8) is 0 Å². The van der Waals surface area contributed by atoms with Crippen LogP contribution in [0.1, 0.15) is 12.5 Å². The van der Waals surface area contributed by atoms with Crippen molar-refractivity contribution in [3.05, 3.63) is 70.5 Å². The average Bonchev–Trinajstić information content (AvgIpc) is 3.17. The van der Waals surface area contributed by atoms with Gasteiger partial charge >= 0.3 is 0 Å². The first-order valence-electron chi connectivity index (χ1n) is 8.99. The van der Waals surface area contributed by atoms with E-state index in [1.54, 1.807) is 24.3 Å². The van der Waals surface area contributed by atoms with Crippen molar-refractivity contribution < 1.29 is 14.3 Å². The lowest BCUT2D eigenvalue weighted by atomic mass is 10.1. The SMILES string of the molecule is CCc1ccc(-c2ccc(=O)n(CC(=O)Nc3ccc4c(c3)OCO4)n2)cc1. The molecule has 0 unspecified atom stereocenters. The van der Waals surface area contributed by atoms with E-state index in [0.29, 0.717) is 22.9 Å². The maximum absolute atomic E-state index is 12.4. The topological polar surface area (TPSA) is 82.5 Å². The van der Waals surface area contributed by atoms with Gasteiger partial charge in [0.1, 0.15) is 6.54 Å². The Morgan fingerprint density at radius 1 is 1.07 bits per heavy atom. The fourth-order valence-corrected chi connectivity index (χ4v) is 2.94. The minimum atomic E-state index is -0.355. The molecule has 7 heteroatoms. The lowest BCUT2D eigenvalue weighted by Crippen LogP contribution is -2.29. The number of benzene rings is 2. The Balaban J connectivity index is 1.50. The third kappa shape index (κ3) is 3.73. The standard InChI is InChI=1S/C21H19N3O4/c1-2-14-3-5-15(6-4-14)17-8-10-21(26)24(23-17)12-20(25)22-16-7-9-18-19(11-16)28-13-27-18/h3-11H,2,12-13H2,1H3,(H,22,25). The van der Waals surface area contributed by atoms with Gasteiger partial charge in [-0.1, -0.05) is 31.2 Å². The second kappa shape index (κ2) is 7.56. The minimum Gasteiger partial charge on any atom is -0.454 e. The highest BCUT2D eigenvalue weighted by Crippen LogP contribution is 2.34. The number of aromatic nitrogens is 2. The van der Waals surface area contributed by atoms with Gasteiger partial charge in [0, 0.05) is 23.4 Å². The first-order chi connectivity index (χ1) is 13.6. The van der Waals surface area contributed by atoms with Gasteiger partial charge in [-0.3, -0.25) is 9.59 Å². The van der Waals surface area contributed by atoms with Crippen LogP contribution in [0.15, 0.2) is 59.4 Å². The third-order valence-corrected chi connectivity index (χ3v) is 4.47. The Bertz CT molecular complexity index is 1070. The van der Waals surface area contributed by atoms with E-state index in [-0.39, 0.29) is 24.8 Å². The van der Waals surface area contributed by atoms with Crippen LogP contribution in [-0.4, -0.2) is 22.5 Å². The monoisotopic (exact) mass is 377 g/mol. The summed E-state index contributed by atoms with van der Waals surface area (Å²) in [5.41, 5.74) is 2.98. The highest BCUT2D eigenvalue weighted by molar-refractivity contribution is 5.90. The third-order valence-electron chi connectivity index (χ3n) is 4.47. The normalized spacial score (nSPS) is 12.0. The molecule has 7 nitrogen and oxygen atoms in total. The molecule has 2 aromatic carbocycles. The number of anilines is 1. The summed E-state index contributed by atoms with van der Waals surface area (Å²) in [6.07, 6.45) is 0.952. The number of fused-ring (bicyclic) bond motifs is 1. The van der Waals surface area contributed by atoms with Crippen molar-refractivity contribution in [2.45, 2.75) is 19.9 Å². The molecule has 0 radical (unpaired) electrons. The molecule has 2 heterocycles. The Morgan fingerprint density at radius 3 is 2.64 bits per heavy atom. The van der Waals surface area contributed by atoms with Crippen LogP contribution in [0.5, 0.6) is 11.5 Å². The van der Waals surface area contributed by atoms with Crippen LogP contribution in [0.25, 0.3) is 11.3 Å². The largest absolute Gasteiger partial charge is 0.454 e. The van der Waals surface area contributed by atoms with E-state index in [1.807, 2.05) is 24.3 Å². The summed E-state index contributed by atoms with van der Waals surface area (Å²) < 4.78 is 11.7. The Labute approximate surface area is 161 Å². The van der Waals surface area contributed by atoms with E-state index < -0.39 is 0 Å². The zero-order valence-corrected chi connectivity index (χ0v) is 15.3. The molecule has 1 N–H and O–H groups in total. The lowest BCUT2D eigenvalue weighted by molar-refractivity contribution is -0.117. The molecule has 0 saturated carbocycles. The van der Waals surface area contributed by atoms with Gasteiger partial charge in [-0.25, -0.2) is 4.68 Å². The number of amides is 1. The summed E-state index contributed by atoms with van der Waals surface area (Å²) in [5.74, 6) is 0.857. The van der Waals surface area contributed by atoms with Crippen LogP contribution in [0.4, 0.5) is 5.69 Å². The molecular weight excluding hydrogens is 358 g/mol. The zero-order chi connectivity index (χ0) is 19.5. The van der Waals surface area contributed by atoms with Crippen molar-refractivity contribution >= 4 is 11.6 Å². The van der Waals surface area contributed by atoms with Crippen LogP contribution >= 0.6 is 0 Å². The summed E-state index contributed by atoms with van der Waals surface area (Å²) in [7, 11) is 0. The fraction of sp³-hybridized carbons (Fsp3) is 0.190. The molecule has 28 heavy (non-hydrogen) atoms. The van der Waals surface area contributed by atoms with Gasteiger partial charge in [-0.2, -0.15) is 5.10 Å². The predicted molar refractivity (Wildman–Crippen MR) is 105 cm³/mol. The number of ether oxygens (including phenoxy) is 2. The number of nitrogens with one attached hydrogen (secondary N) is 1. The van der Waals surface area contributed by atoms with Crippen LogP contribution < -0.4 is 20.3 Å². The van der Waals surface area contributed by atoms with Gasteiger partial charge in [0.2, 0.25) is 12.7 Å². The first kappa shape index (κ1) is 17.8. The molecule has 3 aromatic rings. The molecule has 1 aliphatic heterocycles. The highest BCUT2D eigenvalue weighted by Gasteiger charge is 2.15. The molecule has 0 spiro atoms. The van der Waals surface area contributed by atoms with E-state index in [9.17, 15) is 9.59 Å². The Morgan fingerprint density at radius 2 is 1.86 bits per heavy atom. The average molecular weight is 377 g/mol. The van der Waals surface area contributed by atoms with E-state index in [4.69, 9.17) is 9.47 Å². The number of aryl methyl sites for hydroxylation is 1. The summed E-state index contributed by atoms with van der Waals surface area (Å²) in [6.45, 7) is 2.07. The van der Waals surface area contributed by atoms with E-state index in [0.717, 1.165) is 16.7 Å². The first-order valence-corrected chi connectivity index (χ1v) is 8.99. The molecule has 1 aliphatic rings. The van der Waals surface area contributed by atoms with Crippen molar-refractivity contribution in [1.29, 1.82) is 0 Å². The number of rotatable bonds is 5. The molecule has 0 aliphatic carbocycles. The minimum absolute atomic E-state index is 0.165. The second-order valence-electron chi connectivity index (χ2n) is 6.38. The summed E-state index contributed by atoms with van der Waals surface area (Å²) >= 11 is 0. The van der Waals surface area contributed by atoms with Crippen molar-refractivity contribution in [1.82, 2.24) is 9.78 Å². The van der Waals surface area contributed by atoms with Gasteiger partial charge in [-0.15, -0.1) is 0 Å². The maximum Gasteiger partial charge on any atom is 0.267 e. The van der Waals surface area contributed by atoms with E-state index in [1.165, 1.54) is 11.6 Å². The molecule has 1 aromatic heterocycles. The molecular formula is C21H19N3O4. The number of carbonyl (C=O) groups excluding carboxylic acids is 1. The van der Waals surface area contributed by atoms with Crippen LogP contribution in [0.3, 0.4) is 0 Å². The van der Waals surface area contributed by atoms with E-state index in [2.05, 4.69) is 17.3 Å². The van der Waals surface area contributed by atoms with Crippen LogP contribution in [0.2, 0.25) is 0 Å². The quantitative estimate of drug-likeness (QED) is 0.739. The Kier molecular flexibility index (Phi) is 4.80. The zero-order valence-electron chi connectivity index (χ0n) is 15.3. The number of hydrogen-bond donors (Lipinski definition) is 1. The van der Waals surface area contributed by atoms with Gasteiger partial charge in [0.25, 0.3) is 5.56 Å². The lowest BCUT2D eigenvalue weighted by Gasteiger charge is -2.09. The van der Waals surface area contributed by atoms with E-state index >= 15 is 0 Å². The summed E-state index contributed by atoms with van der Waals surface area (Å²) in [4.78, 5) is 24.5. The highest BCUT2D eigenvalue weighted by atomic mass is 16.7. The molecule has 0 fully saturated rings. The summed E-state index contributed by atoms with van der Waals surface area (Å²) in [6, 6.07) is 16.2. The van der Waals surface area contributed by atoms with Crippen molar-refractivity contribution in [2.75, 3.05) is 12.1 Å². The smallest absolute Gasteiger partial charge is 0.267 e. The number of hydrogen-bond acceptors (Lipinski definition) is 5. The summed E-state index contributed by atoms with van der Waals surface area (Å²) in [5, 5.41) is 7.08. The molecule has 142 valence electrons. The molecule has 4 rings (SSSR count). The van der Waals surface area contributed by atoms with Crippen molar-refractivity contribution in [3.8, 4) is 22.8 Å². The molecule has 0 bridgehead atoms. The maximum atomic E-state index is 12.4. The van der Waals surface area contributed by atoms with Gasteiger partial charge < -0.3 is 14.8 Å². The van der Waals surface area contributed by atoms with Crippen LogP contribution in [-0.2, 0) is 17.8 Å².